The summed E-state index contributed by atoms with van der Waals surface area (Å²) in [6.07, 6.45) is 80.8. The van der Waals surface area contributed by atoms with Crippen molar-refractivity contribution in [1.82, 2.24) is 0 Å². The van der Waals surface area contributed by atoms with Crippen molar-refractivity contribution in [3.05, 3.63) is 122 Å². The van der Waals surface area contributed by atoms with Crippen LogP contribution in [0.4, 0.5) is 0 Å². The number of aliphatic hydroxyl groups is 2. The minimum absolute atomic E-state index is 0.0836. The Hall–Kier alpha value is -4.05. The minimum Gasteiger partial charge on any atom is -0.463 e. The highest BCUT2D eigenvalue weighted by molar-refractivity contribution is 7.47. The molecule has 0 aromatic heterocycles. The first-order valence-corrected chi connectivity index (χ1v) is 39.8. The molecule has 16 nitrogen and oxygen atoms in total. The predicted octanol–water partition coefficient (Wildman–Crippen LogP) is 21.0. The van der Waals surface area contributed by atoms with Crippen molar-refractivity contribution in [2.24, 2.45) is 0 Å². The summed E-state index contributed by atoms with van der Waals surface area (Å²) in [5.41, 5.74) is 0. The average Bonchev–Trinajstić information content (AvgIpc) is 1.70. The number of allylic oxidation sites excluding steroid dienone is 20. The van der Waals surface area contributed by atoms with Crippen LogP contribution >= 0.6 is 15.6 Å². The molecule has 0 aromatic carbocycles. The largest absolute Gasteiger partial charge is 0.472 e. The second-order valence-electron chi connectivity index (χ2n) is 24.4. The van der Waals surface area contributed by atoms with Crippen molar-refractivity contribution in [1.29, 1.82) is 0 Å². The summed E-state index contributed by atoms with van der Waals surface area (Å²) in [5.74, 6) is -1.62. The van der Waals surface area contributed by atoms with Gasteiger partial charge in [0.25, 0.3) is 0 Å². The fourth-order valence-electron chi connectivity index (χ4n) is 9.45. The zero-order valence-corrected chi connectivity index (χ0v) is 61.1. The van der Waals surface area contributed by atoms with Gasteiger partial charge in [-0.3, -0.25) is 32.5 Å². The van der Waals surface area contributed by atoms with Crippen LogP contribution < -0.4 is 0 Å². The molecule has 0 radical (unpaired) electrons. The monoisotopic (exact) mass is 1370 g/mol. The quantitative estimate of drug-likeness (QED) is 0.0146. The van der Waals surface area contributed by atoms with Crippen LogP contribution in [0.15, 0.2) is 122 Å². The minimum atomic E-state index is -4.94. The topological polar surface area (TPSA) is 231 Å². The van der Waals surface area contributed by atoms with Crippen LogP contribution in [-0.2, 0) is 55.8 Å². The third-order valence-electron chi connectivity index (χ3n) is 15.1. The van der Waals surface area contributed by atoms with Crippen LogP contribution in [0.5, 0.6) is 0 Å². The van der Waals surface area contributed by atoms with Gasteiger partial charge in [-0.2, -0.15) is 0 Å². The SMILES string of the molecule is CCCCC/C=C\C/C=C\C/C=C\C/C=C\CCCCCCCC(=O)OCC(O)COP(=O)(O)OCC(O)COP(=O)(O)OCC(COC(=O)CCCCCCCC/C=C\C/C=C\C/C=C\CCCCC)OC(=O)CCCCCCCC/C=C\C/C=C\C/C=C\CCCCC. The first-order chi connectivity index (χ1) is 46.2. The highest BCUT2D eigenvalue weighted by Gasteiger charge is 2.29. The Morgan fingerprint density at radius 3 is 0.832 bits per heavy atom. The number of rotatable bonds is 69. The number of unbranched alkanes of at least 4 members (excludes halogenated alkanes) is 26. The van der Waals surface area contributed by atoms with E-state index in [2.05, 4.69) is 142 Å². The van der Waals surface area contributed by atoms with Gasteiger partial charge in [0.2, 0.25) is 0 Å². The van der Waals surface area contributed by atoms with Crippen LogP contribution in [0.2, 0.25) is 0 Å². The van der Waals surface area contributed by atoms with Gasteiger partial charge in [0.1, 0.15) is 25.4 Å². The molecule has 0 aliphatic rings. The Kier molecular flexibility index (Phi) is 66.9. The number of hydrogen-bond acceptors (Lipinski definition) is 14. The molecular weight excluding hydrogens is 1240 g/mol. The van der Waals surface area contributed by atoms with Crippen LogP contribution in [0, 0.1) is 0 Å². The van der Waals surface area contributed by atoms with Crippen molar-refractivity contribution in [2.75, 3.05) is 39.6 Å². The predicted molar refractivity (Wildman–Crippen MR) is 390 cm³/mol. The normalized spacial score (nSPS) is 14.8. The van der Waals surface area contributed by atoms with Crippen LogP contribution in [-0.4, -0.2) is 95.9 Å². The summed E-state index contributed by atoms with van der Waals surface area (Å²) in [4.78, 5) is 58.6. The summed E-state index contributed by atoms with van der Waals surface area (Å²) < 4.78 is 61.0. The number of ether oxygens (including phenoxy) is 3. The fourth-order valence-corrected chi connectivity index (χ4v) is 11.0. The van der Waals surface area contributed by atoms with Crippen LogP contribution in [0.1, 0.15) is 290 Å². The molecule has 0 saturated carbocycles. The number of aliphatic hydroxyl groups excluding tert-OH is 2. The van der Waals surface area contributed by atoms with Gasteiger partial charge in [-0.05, 0) is 141 Å². The summed E-state index contributed by atoms with van der Waals surface area (Å²) in [7, 11) is -9.80. The Bertz CT molecular complexity index is 2210. The van der Waals surface area contributed by atoms with E-state index >= 15 is 0 Å². The molecule has 546 valence electrons. The maximum Gasteiger partial charge on any atom is 0.472 e. The van der Waals surface area contributed by atoms with E-state index in [4.69, 9.17) is 32.3 Å². The molecule has 0 spiro atoms. The number of carbonyl (C=O) groups is 3. The van der Waals surface area contributed by atoms with E-state index in [1.165, 1.54) is 64.2 Å². The van der Waals surface area contributed by atoms with E-state index in [0.717, 1.165) is 167 Å². The van der Waals surface area contributed by atoms with E-state index in [0.29, 0.717) is 19.3 Å². The molecule has 0 amide bonds. The van der Waals surface area contributed by atoms with E-state index in [1.54, 1.807) is 0 Å². The number of phosphoric acid groups is 2. The highest BCUT2D eigenvalue weighted by Crippen LogP contribution is 2.45. The molecule has 95 heavy (non-hydrogen) atoms. The second kappa shape index (κ2) is 69.8. The van der Waals surface area contributed by atoms with Gasteiger partial charge < -0.3 is 34.2 Å². The number of phosphoric ester groups is 2. The average molecular weight is 1380 g/mol. The molecule has 5 atom stereocenters. The molecule has 0 aliphatic carbocycles. The lowest BCUT2D eigenvalue weighted by atomic mass is 10.1. The van der Waals surface area contributed by atoms with Crippen molar-refractivity contribution >= 4 is 33.6 Å². The summed E-state index contributed by atoms with van der Waals surface area (Å²) in [6, 6.07) is 0. The van der Waals surface area contributed by atoms with Crippen molar-refractivity contribution in [2.45, 2.75) is 309 Å². The lowest BCUT2D eigenvalue weighted by Gasteiger charge is -2.21. The molecule has 0 bridgehead atoms. The summed E-state index contributed by atoms with van der Waals surface area (Å²) in [5, 5.41) is 20.6. The highest BCUT2D eigenvalue weighted by atomic mass is 31.2. The maximum atomic E-state index is 13.0. The first kappa shape index (κ1) is 91.0. The van der Waals surface area contributed by atoms with Gasteiger partial charge in [0, 0.05) is 19.3 Å². The van der Waals surface area contributed by atoms with E-state index in [9.17, 15) is 43.5 Å². The third kappa shape index (κ3) is 71.1. The third-order valence-corrected chi connectivity index (χ3v) is 17.0. The number of esters is 3. The zero-order valence-electron chi connectivity index (χ0n) is 59.3. The van der Waals surface area contributed by atoms with Crippen molar-refractivity contribution < 1.29 is 75.8 Å². The molecular formula is C77H132O16P2. The summed E-state index contributed by atoms with van der Waals surface area (Å²) >= 11 is 0. The first-order valence-electron chi connectivity index (χ1n) is 36.8. The maximum absolute atomic E-state index is 13.0. The lowest BCUT2D eigenvalue weighted by molar-refractivity contribution is -0.161. The molecule has 4 N–H and O–H groups in total. The molecule has 0 fully saturated rings. The summed E-state index contributed by atoms with van der Waals surface area (Å²) in [6.45, 7) is 2.54. The molecule has 5 unspecified atom stereocenters. The number of carbonyl (C=O) groups excluding carboxylic acids is 3. The zero-order chi connectivity index (χ0) is 69.5. The number of hydrogen-bond donors (Lipinski definition) is 4. The van der Waals surface area contributed by atoms with Gasteiger partial charge in [-0.25, -0.2) is 9.13 Å². The van der Waals surface area contributed by atoms with Crippen LogP contribution in [0.3, 0.4) is 0 Å². The smallest absolute Gasteiger partial charge is 0.463 e. The Morgan fingerprint density at radius 1 is 0.295 bits per heavy atom. The second-order valence-corrected chi connectivity index (χ2v) is 27.3. The molecule has 0 rings (SSSR count). The van der Waals surface area contributed by atoms with Gasteiger partial charge in [-0.1, -0.05) is 251 Å². The van der Waals surface area contributed by atoms with Gasteiger partial charge in [0.05, 0.1) is 26.4 Å². The fraction of sp³-hybridized carbons (Fsp3) is 0.701. The molecule has 0 aromatic rings. The molecule has 18 heteroatoms. The Labute approximate surface area is 576 Å². The van der Waals surface area contributed by atoms with Gasteiger partial charge in [-0.15, -0.1) is 0 Å². The molecule has 0 saturated heterocycles. The van der Waals surface area contributed by atoms with E-state index in [1.807, 2.05) is 0 Å². The Morgan fingerprint density at radius 2 is 0.526 bits per heavy atom. The van der Waals surface area contributed by atoms with E-state index < -0.39 is 91.5 Å². The van der Waals surface area contributed by atoms with E-state index in [-0.39, 0.29) is 19.3 Å². The standard InChI is InChI=1S/C77H132O16P2/c1-4-7-10-13-16-19-22-25-28-31-34-35-38-40-42-45-48-51-54-57-60-63-75(80)87-66-72(78)67-89-94(83,84)90-68-73(79)69-91-95(85,86)92-71-74(93-77(82)65-62-59-56-53-50-47-44-41-37-33-30-27-24-21-18-15-12-9-6-3)70-88-76(81)64-61-58-55-52-49-46-43-39-36-32-29-26-23-20-17-14-11-8-5-2/h16-21,25-30,34-37,39-42,72-74,78-79H,4-15,22-24,31-33,38,43-71H2,1-3H3,(H,83,84)(H,85,86)/b19-16-,20-17-,21-18-,28-25-,29-26-,30-27-,35-34-,39-36-,41-37-,42-40-. The van der Waals surface area contributed by atoms with Gasteiger partial charge in [0.15, 0.2) is 6.10 Å². The molecule has 0 aliphatic heterocycles. The lowest BCUT2D eigenvalue weighted by Crippen LogP contribution is -2.30. The van der Waals surface area contributed by atoms with Crippen molar-refractivity contribution in [3.63, 3.8) is 0 Å². The van der Waals surface area contributed by atoms with Gasteiger partial charge >= 0.3 is 33.6 Å². The van der Waals surface area contributed by atoms with Crippen molar-refractivity contribution in [3.8, 4) is 0 Å². The van der Waals surface area contributed by atoms with Crippen LogP contribution in [0.25, 0.3) is 0 Å². The molecule has 0 heterocycles. The Balaban J connectivity index is 4.74.